The molecule has 2 heterocycles. The quantitative estimate of drug-likeness (QED) is 0.828. The summed E-state index contributed by atoms with van der Waals surface area (Å²) in [6, 6.07) is 1.80. The van der Waals surface area contributed by atoms with Crippen LogP contribution in [0.15, 0.2) is 29.1 Å². The van der Waals surface area contributed by atoms with E-state index >= 15 is 0 Å². The molecule has 1 atom stereocenters. The summed E-state index contributed by atoms with van der Waals surface area (Å²) in [5, 5.41) is 2.88. The van der Waals surface area contributed by atoms with Crippen LogP contribution in [0.3, 0.4) is 0 Å². The van der Waals surface area contributed by atoms with Crippen molar-refractivity contribution in [3.05, 3.63) is 30.2 Å². The van der Waals surface area contributed by atoms with Crippen LogP contribution in [0.25, 0.3) is 6.08 Å². The Morgan fingerprint density at radius 3 is 3.22 bits per heavy atom. The Bertz CT molecular complexity index is 408. The van der Waals surface area contributed by atoms with E-state index in [1.165, 1.54) is 6.08 Å². The molecule has 0 radical (unpaired) electrons. The van der Waals surface area contributed by atoms with Crippen molar-refractivity contribution < 1.29 is 13.9 Å². The van der Waals surface area contributed by atoms with Gasteiger partial charge in [0.25, 0.3) is 0 Å². The average molecular weight is 267 g/mol. The van der Waals surface area contributed by atoms with Crippen LogP contribution in [0.1, 0.15) is 12.0 Å². The Hall–Kier alpha value is -1.20. The Kier molecular flexibility index (Phi) is 4.49. The molecule has 98 valence electrons. The Morgan fingerprint density at radius 1 is 1.72 bits per heavy atom. The molecule has 0 aromatic carbocycles. The van der Waals surface area contributed by atoms with E-state index in [9.17, 15) is 4.79 Å². The predicted octanol–water partition coefficient (Wildman–Crippen LogP) is 1.93. The smallest absolute Gasteiger partial charge is 0.244 e. The minimum absolute atomic E-state index is 0.107. The van der Waals surface area contributed by atoms with Gasteiger partial charge in [0.2, 0.25) is 5.91 Å². The molecule has 1 unspecified atom stereocenters. The number of ether oxygens (including phenoxy) is 1. The van der Waals surface area contributed by atoms with Crippen LogP contribution in [0.4, 0.5) is 0 Å². The topological polar surface area (TPSA) is 51.5 Å². The van der Waals surface area contributed by atoms with E-state index in [1.807, 2.05) is 11.8 Å². The second-order valence-corrected chi connectivity index (χ2v) is 5.40. The fourth-order valence-corrected chi connectivity index (χ4v) is 3.21. The summed E-state index contributed by atoms with van der Waals surface area (Å²) in [4.78, 5) is 11.7. The second-order valence-electron chi connectivity index (χ2n) is 4.30. The third-order valence-electron chi connectivity index (χ3n) is 3.06. The van der Waals surface area contributed by atoms with Gasteiger partial charge in [0.05, 0.1) is 18.1 Å². The van der Waals surface area contributed by atoms with Crippen molar-refractivity contribution in [2.45, 2.75) is 12.0 Å². The molecule has 1 fully saturated rings. The normalized spacial score (nSPS) is 23.6. The number of thioether (sulfide) groups is 1. The maximum atomic E-state index is 11.7. The van der Waals surface area contributed by atoms with E-state index in [1.54, 1.807) is 31.8 Å². The average Bonchev–Trinajstić information content (AvgIpc) is 3.06. The zero-order chi connectivity index (χ0) is 12.8. The number of hydrogen-bond acceptors (Lipinski definition) is 4. The van der Waals surface area contributed by atoms with Crippen molar-refractivity contribution in [2.24, 2.45) is 0 Å². The van der Waals surface area contributed by atoms with Crippen LogP contribution in [-0.4, -0.2) is 36.7 Å². The Labute approximate surface area is 111 Å². The molecule has 1 aliphatic heterocycles. The van der Waals surface area contributed by atoms with Gasteiger partial charge in [-0.05, 0) is 24.3 Å². The Morgan fingerprint density at radius 2 is 2.61 bits per heavy atom. The maximum Gasteiger partial charge on any atom is 0.244 e. The molecule has 1 aromatic rings. The monoisotopic (exact) mass is 267 g/mol. The van der Waals surface area contributed by atoms with Gasteiger partial charge >= 0.3 is 0 Å². The van der Waals surface area contributed by atoms with E-state index in [2.05, 4.69) is 5.32 Å². The largest absolute Gasteiger partial charge is 0.472 e. The Balaban J connectivity index is 1.81. The molecule has 1 aliphatic rings. The van der Waals surface area contributed by atoms with E-state index in [0.717, 1.165) is 23.5 Å². The molecule has 5 heteroatoms. The fraction of sp³-hybridized carbons (Fsp3) is 0.462. The molecule has 1 aromatic heterocycles. The van der Waals surface area contributed by atoms with Crippen LogP contribution in [0.5, 0.6) is 0 Å². The van der Waals surface area contributed by atoms with Gasteiger partial charge in [0, 0.05) is 31.0 Å². The minimum Gasteiger partial charge on any atom is -0.472 e. The molecule has 2 rings (SSSR count). The van der Waals surface area contributed by atoms with Crippen LogP contribution in [-0.2, 0) is 9.53 Å². The van der Waals surface area contributed by atoms with Gasteiger partial charge in [-0.15, -0.1) is 0 Å². The van der Waals surface area contributed by atoms with Gasteiger partial charge < -0.3 is 14.5 Å². The fourth-order valence-electron chi connectivity index (χ4n) is 1.81. The number of methoxy groups -OCH3 is 1. The van der Waals surface area contributed by atoms with Crippen LogP contribution in [0.2, 0.25) is 0 Å². The van der Waals surface area contributed by atoms with Gasteiger partial charge in [0.1, 0.15) is 0 Å². The summed E-state index contributed by atoms with van der Waals surface area (Å²) < 4.78 is 10.4. The third-order valence-corrected chi connectivity index (χ3v) is 4.28. The van der Waals surface area contributed by atoms with Crippen molar-refractivity contribution >= 4 is 23.7 Å². The van der Waals surface area contributed by atoms with E-state index in [4.69, 9.17) is 9.15 Å². The number of amides is 1. The first kappa shape index (κ1) is 13.2. The van der Waals surface area contributed by atoms with Gasteiger partial charge in [0.15, 0.2) is 0 Å². The predicted molar refractivity (Wildman–Crippen MR) is 72.4 cm³/mol. The van der Waals surface area contributed by atoms with Crippen LogP contribution < -0.4 is 5.32 Å². The number of rotatable bonds is 5. The van der Waals surface area contributed by atoms with Gasteiger partial charge in [-0.1, -0.05) is 0 Å². The highest BCUT2D eigenvalue weighted by Crippen LogP contribution is 2.30. The third kappa shape index (κ3) is 3.40. The van der Waals surface area contributed by atoms with Crippen molar-refractivity contribution in [1.82, 2.24) is 5.32 Å². The van der Waals surface area contributed by atoms with E-state index in [0.29, 0.717) is 6.54 Å². The lowest BCUT2D eigenvalue weighted by Gasteiger charge is -2.26. The number of nitrogens with one attached hydrogen (secondary N) is 1. The zero-order valence-electron chi connectivity index (χ0n) is 10.3. The highest BCUT2D eigenvalue weighted by molar-refractivity contribution is 7.99. The second kappa shape index (κ2) is 6.11. The molecular formula is C13H17NO3S. The van der Waals surface area contributed by atoms with E-state index in [-0.39, 0.29) is 11.5 Å². The van der Waals surface area contributed by atoms with E-state index < -0.39 is 0 Å². The molecule has 1 saturated heterocycles. The van der Waals surface area contributed by atoms with Crippen LogP contribution >= 0.6 is 11.8 Å². The maximum absolute atomic E-state index is 11.7. The first-order chi connectivity index (χ1) is 8.74. The van der Waals surface area contributed by atoms with Crippen molar-refractivity contribution in [1.29, 1.82) is 0 Å². The molecule has 0 aliphatic carbocycles. The lowest BCUT2D eigenvalue weighted by molar-refractivity contribution is -0.117. The molecule has 1 N–H and O–H groups in total. The number of furan rings is 1. The molecule has 4 nitrogen and oxygen atoms in total. The van der Waals surface area contributed by atoms with Gasteiger partial charge in [-0.3, -0.25) is 4.79 Å². The summed E-state index contributed by atoms with van der Waals surface area (Å²) in [6.45, 7) is 0.561. The highest BCUT2D eigenvalue weighted by atomic mass is 32.2. The summed E-state index contributed by atoms with van der Waals surface area (Å²) in [5.41, 5.74) is 0.687. The van der Waals surface area contributed by atoms with Crippen molar-refractivity contribution in [3.63, 3.8) is 0 Å². The molecule has 1 amide bonds. The first-order valence-electron chi connectivity index (χ1n) is 5.85. The molecular weight excluding hydrogens is 250 g/mol. The molecule has 18 heavy (non-hydrogen) atoms. The minimum atomic E-state index is -0.191. The summed E-state index contributed by atoms with van der Waals surface area (Å²) in [5.74, 6) is 1.92. The first-order valence-corrected chi connectivity index (χ1v) is 7.01. The van der Waals surface area contributed by atoms with Crippen molar-refractivity contribution in [2.75, 3.05) is 25.2 Å². The molecule has 0 bridgehead atoms. The van der Waals surface area contributed by atoms with Gasteiger partial charge in [-0.25, -0.2) is 0 Å². The standard InChI is InChI=1S/C13H17NO3S/c1-16-13(5-7-18-10-13)9-14-12(15)3-2-11-4-6-17-8-11/h2-4,6,8H,5,7,9-10H2,1H3,(H,14,15)/b3-2+. The summed E-state index contributed by atoms with van der Waals surface area (Å²) in [6.07, 6.45) is 7.39. The van der Waals surface area contributed by atoms with Gasteiger partial charge in [-0.2, -0.15) is 11.8 Å². The summed E-state index contributed by atoms with van der Waals surface area (Å²) >= 11 is 1.86. The van der Waals surface area contributed by atoms with Crippen molar-refractivity contribution in [3.8, 4) is 0 Å². The zero-order valence-corrected chi connectivity index (χ0v) is 11.2. The highest BCUT2D eigenvalue weighted by Gasteiger charge is 2.34. The number of carbonyl (C=O) groups is 1. The summed E-state index contributed by atoms with van der Waals surface area (Å²) in [7, 11) is 1.71. The van der Waals surface area contributed by atoms with Crippen LogP contribution in [0, 0.1) is 0 Å². The lowest BCUT2D eigenvalue weighted by atomic mass is 10.0. The molecule has 0 saturated carbocycles. The lowest BCUT2D eigenvalue weighted by Crippen LogP contribution is -2.44. The SMILES string of the molecule is COC1(CNC(=O)/C=C/c2ccoc2)CCSC1. The molecule has 0 spiro atoms. The number of hydrogen-bond donors (Lipinski definition) is 1. The number of carbonyl (C=O) groups excluding carboxylic acids is 1.